The number of piperidine rings is 1. The van der Waals surface area contributed by atoms with Crippen LogP contribution < -0.4 is 5.32 Å². The maximum absolute atomic E-state index is 13.1. The Bertz CT molecular complexity index is 417. The van der Waals surface area contributed by atoms with Crippen LogP contribution in [0.5, 0.6) is 0 Å². The summed E-state index contributed by atoms with van der Waals surface area (Å²) in [5, 5.41) is 3.34. The molecule has 1 aromatic rings. The van der Waals surface area contributed by atoms with E-state index in [4.69, 9.17) is 0 Å². The van der Waals surface area contributed by atoms with Crippen molar-refractivity contribution in [3.63, 3.8) is 0 Å². The number of nitrogens with zero attached hydrogens (tertiary/aromatic N) is 1. The molecule has 0 bridgehead atoms. The van der Waals surface area contributed by atoms with E-state index in [2.05, 4.69) is 10.2 Å². The van der Waals surface area contributed by atoms with Gasteiger partial charge in [-0.3, -0.25) is 0 Å². The Labute approximate surface area is 115 Å². The fourth-order valence-electron chi connectivity index (χ4n) is 3.47. The molecule has 2 nitrogen and oxygen atoms in total. The first-order valence-electron chi connectivity index (χ1n) is 7.38. The van der Waals surface area contributed by atoms with Gasteiger partial charge in [0.25, 0.3) is 0 Å². The third-order valence-corrected chi connectivity index (χ3v) is 4.79. The van der Waals surface area contributed by atoms with Gasteiger partial charge in [0.1, 0.15) is 5.82 Å². The third-order valence-electron chi connectivity index (χ3n) is 4.79. The smallest absolute Gasteiger partial charge is 0.123 e. The molecule has 1 N–H and O–H groups in total. The van der Waals surface area contributed by atoms with Crippen LogP contribution in [0.25, 0.3) is 0 Å². The molecule has 19 heavy (non-hydrogen) atoms. The molecule has 1 saturated heterocycles. The minimum atomic E-state index is -0.140. The van der Waals surface area contributed by atoms with Crippen LogP contribution in [0.2, 0.25) is 0 Å². The van der Waals surface area contributed by atoms with Crippen molar-refractivity contribution in [3.8, 4) is 0 Å². The van der Waals surface area contributed by atoms with E-state index in [0.717, 1.165) is 12.6 Å². The summed E-state index contributed by atoms with van der Waals surface area (Å²) in [4.78, 5) is 2.64. The van der Waals surface area contributed by atoms with Crippen LogP contribution in [0.4, 0.5) is 4.39 Å². The Hall–Kier alpha value is -0.930. The lowest BCUT2D eigenvalue weighted by Gasteiger charge is -2.42. The van der Waals surface area contributed by atoms with E-state index in [1.807, 2.05) is 19.2 Å². The molecule has 0 unspecified atom stereocenters. The fourth-order valence-corrected chi connectivity index (χ4v) is 3.47. The topological polar surface area (TPSA) is 15.3 Å². The van der Waals surface area contributed by atoms with E-state index >= 15 is 0 Å². The molecule has 3 heteroatoms. The monoisotopic (exact) mass is 262 g/mol. The molecule has 1 aliphatic carbocycles. The van der Waals surface area contributed by atoms with Crippen LogP contribution in [0, 0.1) is 5.82 Å². The summed E-state index contributed by atoms with van der Waals surface area (Å²) in [6.07, 6.45) is 5.12. The molecule has 0 atom stereocenters. The van der Waals surface area contributed by atoms with Crippen LogP contribution >= 0.6 is 0 Å². The molecule has 2 fully saturated rings. The van der Waals surface area contributed by atoms with E-state index in [9.17, 15) is 4.39 Å². The minimum absolute atomic E-state index is 0.140. The van der Waals surface area contributed by atoms with E-state index in [0.29, 0.717) is 0 Å². The maximum atomic E-state index is 13.1. The first kappa shape index (κ1) is 13.1. The summed E-state index contributed by atoms with van der Waals surface area (Å²) in [6.45, 7) is 3.35. The quantitative estimate of drug-likeness (QED) is 0.897. The number of hydrogen-bond donors (Lipinski definition) is 1. The van der Waals surface area contributed by atoms with Crippen molar-refractivity contribution in [2.24, 2.45) is 0 Å². The van der Waals surface area contributed by atoms with Crippen molar-refractivity contribution in [2.45, 2.75) is 37.1 Å². The normalized spacial score (nSPS) is 23.5. The van der Waals surface area contributed by atoms with Crippen molar-refractivity contribution in [1.29, 1.82) is 0 Å². The number of rotatable bonds is 4. The van der Waals surface area contributed by atoms with Crippen LogP contribution in [0.15, 0.2) is 24.3 Å². The highest BCUT2D eigenvalue weighted by Gasteiger charge is 2.39. The van der Waals surface area contributed by atoms with Crippen molar-refractivity contribution < 1.29 is 4.39 Å². The molecule has 1 aromatic carbocycles. The van der Waals surface area contributed by atoms with Crippen molar-refractivity contribution in [2.75, 3.05) is 26.7 Å². The van der Waals surface area contributed by atoms with E-state index in [1.165, 1.54) is 44.3 Å². The number of likely N-dealkylation sites (N-methyl/N-ethyl adjacent to an activating group) is 1. The second-order valence-electron chi connectivity index (χ2n) is 6.08. The lowest BCUT2D eigenvalue weighted by atomic mass is 9.72. The van der Waals surface area contributed by atoms with Gasteiger partial charge in [-0.2, -0.15) is 0 Å². The standard InChI is InChI=1S/C16H23FN2/c1-18-12-16(13-2-4-14(17)5-3-13)8-10-19(11-9-16)15-6-7-15/h2-5,15,18H,6-12H2,1H3. The number of benzene rings is 1. The van der Waals surface area contributed by atoms with Crippen LogP contribution in [-0.4, -0.2) is 37.6 Å². The Morgan fingerprint density at radius 2 is 1.84 bits per heavy atom. The minimum Gasteiger partial charge on any atom is -0.319 e. The maximum Gasteiger partial charge on any atom is 0.123 e. The van der Waals surface area contributed by atoms with Gasteiger partial charge in [0.05, 0.1) is 0 Å². The first-order chi connectivity index (χ1) is 9.23. The zero-order valence-corrected chi connectivity index (χ0v) is 11.7. The highest BCUT2D eigenvalue weighted by molar-refractivity contribution is 5.27. The molecular weight excluding hydrogens is 239 g/mol. The Morgan fingerprint density at radius 1 is 1.21 bits per heavy atom. The van der Waals surface area contributed by atoms with Gasteiger partial charge >= 0.3 is 0 Å². The molecule has 0 aromatic heterocycles. The van der Waals surface area contributed by atoms with Crippen molar-refractivity contribution in [3.05, 3.63) is 35.6 Å². The summed E-state index contributed by atoms with van der Waals surface area (Å²) < 4.78 is 13.1. The van der Waals surface area contributed by atoms with Gasteiger partial charge in [0, 0.05) is 18.0 Å². The summed E-state index contributed by atoms with van der Waals surface area (Å²) in [5.41, 5.74) is 1.48. The van der Waals surface area contributed by atoms with Crippen molar-refractivity contribution in [1.82, 2.24) is 10.2 Å². The average molecular weight is 262 g/mol. The second-order valence-corrected chi connectivity index (χ2v) is 6.08. The summed E-state index contributed by atoms with van der Waals surface area (Å²) in [7, 11) is 2.01. The zero-order chi connectivity index (χ0) is 13.3. The van der Waals surface area contributed by atoms with Crippen LogP contribution in [-0.2, 0) is 5.41 Å². The largest absolute Gasteiger partial charge is 0.319 e. The Balaban J connectivity index is 1.77. The number of nitrogens with one attached hydrogen (secondary N) is 1. The van der Waals surface area contributed by atoms with Crippen molar-refractivity contribution >= 4 is 0 Å². The SMILES string of the molecule is CNCC1(c2ccc(F)cc2)CCN(C2CC2)CC1. The third kappa shape index (κ3) is 2.67. The zero-order valence-electron chi connectivity index (χ0n) is 11.7. The van der Waals surface area contributed by atoms with E-state index in [-0.39, 0.29) is 11.2 Å². The highest BCUT2D eigenvalue weighted by atomic mass is 19.1. The number of halogens is 1. The molecule has 0 amide bonds. The molecule has 1 saturated carbocycles. The van der Waals surface area contributed by atoms with Gasteiger partial charge in [-0.15, -0.1) is 0 Å². The molecular formula is C16H23FN2. The molecule has 3 rings (SSSR count). The molecule has 2 aliphatic rings. The van der Waals surface area contributed by atoms with Gasteiger partial charge < -0.3 is 10.2 Å². The summed E-state index contributed by atoms with van der Waals surface area (Å²) >= 11 is 0. The lowest BCUT2D eigenvalue weighted by Crippen LogP contribution is -2.48. The number of likely N-dealkylation sites (tertiary alicyclic amines) is 1. The Kier molecular flexibility index (Phi) is 3.59. The molecule has 104 valence electrons. The van der Waals surface area contributed by atoms with Gasteiger partial charge in [0.2, 0.25) is 0 Å². The Morgan fingerprint density at radius 3 is 2.37 bits per heavy atom. The van der Waals surface area contributed by atoms with Gasteiger partial charge in [-0.05, 0) is 63.5 Å². The van der Waals surface area contributed by atoms with E-state index in [1.54, 1.807) is 12.1 Å². The van der Waals surface area contributed by atoms with Crippen LogP contribution in [0.1, 0.15) is 31.2 Å². The van der Waals surface area contributed by atoms with Crippen LogP contribution in [0.3, 0.4) is 0 Å². The molecule has 1 aliphatic heterocycles. The predicted molar refractivity (Wildman–Crippen MR) is 75.8 cm³/mol. The predicted octanol–water partition coefficient (Wildman–Crippen LogP) is 2.54. The lowest BCUT2D eigenvalue weighted by molar-refractivity contribution is 0.150. The summed E-state index contributed by atoms with van der Waals surface area (Å²) in [5.74, 6) is -0.140. The first-order valence-corrected chi connectivity index (χ1v) is 7.38. The number of hydrogen-bond acceptors (Lipinski definition) is 2. The summed E-state index contributed by atoms with van der Waals surface area (Å²) in [6, 6.07) is 8.00. The van der Waals surface area contributed by atoms with Gasteiger partial charge in [-0.25, -0.2) is 4.39 Å². The second kappa shape index (κ2) is 5.22. The highest BCUT2D eigenvalue weighted by Crippen LogP contribution is 2.38. The van der Waals surface area contributed by atoms with Gasteiger partial charge in [-0.1, -0.05) is 12.1 Å². The fraction of sp³-hybridized carbons (Fsp3) is 0.625. The van der Waals surface area contributed by atoms with Gasteiger partial charge in [0.15, 0.2) is 0 Å². The molecule has 0 spiro atoms. The van der Waals surface area contributed by atoms with E-state index < -0.39 is 0 Å². The average Bonchev–Trinajstić information content (AvgIpc) is 3.25. The molecule has 1 heterocycles. The molecule has 0 radical (unpaired) electrons.